The minimum Gasteiger partial charge on any atom is -0.458 e. The lowest BCUT2D eigenvalue weighted by atomic mass is 9.97. The first-order chi connectivity index (χ1) is 29.8. The van der Waals surface area contributed by atoms with Crippen LogP contribution in [0.2, 0.25) is 0 Å². The van der Waals surface area contributed by atoms with Crippen LogP contribution in [0.3, 0.4) is 0 Å². The number of para-hydroxylation sites is 1. The maximum absolute atomic E-state index is 13.9. The highest BCUT2D eigenvalue weighted by Crippen LogP contribution is 2.53. The van der Waals surface area contributed by atoms with E-state index in [1.807, 2.05) is 35.4 Å². The van der Waals surface area contributed by atoms with Crippen LogP contribution in [0.15, 0.2) is 103 Å². The number of nitrogens with two attached hydrogens (primary N) is 3. The Hall–Kier alpha value is -5.34. The molecule has 2 unspecified atom stereocenters. The molecule has 14 nitrogen and oxygen atoms in total. The van der Waals surface area contributed by atoms with Crippen molar-refractivity contribution in [1.82, 2.24) is 19.9 Å². The van der Waals surface area contributed by atoms with E-state index in [-0.39, 0.29) is 18.3 Å². The number of nitrogens with zero attached hydrogens (tertiary/aromatic N) is 3. The van der Waals surface area contributed by atoms with Gasteiger partial charge in [0.2, 0.25) is 6.41 Å². The van der Waals surface area contributed by atoms with E-state index in [1.54, 1.807) is 42.6 Å². The van der Waals surface area contributed by atoms with Gasteiger partial charge >= 0.3 is 13.5 Å². The number of carbonyl (C=O) groups is 4. The predicted molar refractivity (Wildman–Crippen MR) is 247 cm³/mol. The highest BCUT2D eigenvalue weighted by atomic mass is 32.1. The Kier molecular flexibility index (Phi) is 19.8. The van der Waals surface area contributed by atoms with Gasteiger partial charge in [0.1, 0.15) is 24.7 Å². The minimum absolute atomic E-state index is 0.0134. The number of aromatic nitrogens is 1. The summed E-state index contributed by atoms with van der Waals surface area (Å²) in [6.45, 7) is 6.97. The maximum atomic E-state index is 13.9. The zero-order chi connectivity index (χ0) is 45.0. The van der Waals surface area contributed by atoms with Crippen LogP contribution >= 0.6 is 18.9 Å². The Morgan fingerprint density at radius 2 is 1.81 bits per heavy atom. The lowest BCUT2D eigenvalue weighted by Gasteiger charge is -2.24. The summed E-state index contributed by atoms with van der Waals surface area (Å²) >= 11 is 1.28. The van der Waals surface area contributed by atoms with E-state index in [1.165, 1.54) is 80.9 Å². The largest absolute Gasteiger partial charge is 0.458 e. The van der Waals surface area contributed by atoms with Gasteiger partial charge < -0.3 is 41.1 Å². The molecular formula is C46H62N7O7PS. The normalized spacial score (nSPS) is 18.0. The summed E-state index contributed by atoms with van der Waals surface area (Å²) in [5, 5.41) is 3.62. The molecule has 334 valence electrons. The van der Waals surface area contributed by atoms with E-state index in [2.05, 4.69) is 35.0 Å². The second-order valence-corrected chi connectivity index (χ2v) is 18.8. The summed E-state index contributed by atoms with van der Waals surface area (Å²) in [5.74, 6) is -0.271. The SMILES string of the molecule is CC(NP(=O)(Cc1ccc2sc(C(N)=O)cc2c1)Oc1ccccc1)C(=O)OC/C(N)=C/C=C\N.CCCCC=O.CN1CCCC1.O=CN1C[C@@H](c2cccnc2)CC12CC2. The van der Waals surface area contributed by atoms with Crippen molar-refractivity contribution in [2.45, 2.75) is 88.9 Å². The molecular weight excluding hydrogens is 826 g/mol. The molecule has 1 spiro atoms. The molecule has 16 heteroatoms. The number of hydrogen-bond donors (Lipinski definition) is 4. The summed E-state index contributed by atoms with van der Waals surface area (Å²) < 4.78 is 25.9. The third-order valence-electron chi connectivity index (χ3n) is 10.5. The molecule has 62 heavy (non-hydrogen) atoms. The second-order valence-electron chi connectivity index (χ2n) is 15.7. The summed E-state index contributed by atoms with van der Waals surface area (Å²) in [4.78, 5) is 53.5. The number of unbranched alkanes of at least 4 members (excludes halogenated alkanes) is 2. The number of ether oxygens (including phenoxy) is 1. The average Bonchev–Trinajstić information content (AvgIpc) is 3.53. The molecule has 7 N–H and O–H groups in total. The van der Waals surface area contributed by atoms with Gasteiger partial charge in [0.05, 0.1) is 11.0 Å². The average molecular weight is 888 g/mol. The number of aldehydes is 1. The molecule has 0 radical (unpaired) electrons. The number of rotatable bonds is 16. The third kappa shape index (κ3) is 15.8. The first kappa shape index (κ1) is 49.3. The number of amides is 2. The zero-order valence-corrected chi connectivity index (χ0v) is 37.7. The Balaban J connectivity index is 0.000000251. The van der Waals surface area contributed by atoms with Crippen LogP contribution in [0.4, 0.5) is 0 Å². The molecule has 3 atom stereocenters. The molecule has 3 aliphatic rings. The predicted octanol–water partition coefficient (Wildman–Crippen LogP) is 7.26. The van der Waals surface area contributed by atoms with E-state index in [0.717, 1.165) is 55.0 Å². The molecule has 2 aromatic carbocycles. The van der Waals surface area contributed by atoms with Crippen molar-refractivity contribution in [2.75, 3.05) is 33.3 Å². The number of carbonyl (C=O) groups excluding carboxylic acids is 4. The standard InChI is InChI=1S/C24H27N4O5PS.C12H14N2O.C5H11N.C5H10O/c1-16(24(30)32-14-19(26)6-5-11-25)28-34(31,33-20-7-3-2-4-8-20)15-17-9-10-21-18(12-17)13-22(35-21)23(27)29;15-9-14-8-11(6-12(14)3-4-12)10-2-1-5-13-7-10;1-6-4-2-3-5-6;1-2-3-4-5-6/h2-13,16H,14-15,25-26H2,1H3,(H2,27,29)(H,28,31);1-2,5,7,9,11H,3-4,6,8H2;2-5H2,1H3;5H,2-4H2,1H3/b11-5-,19-6-;;;/t;11-;;/m.0../s1. The van der Waals surface area contributed by atoms with Gasteiger partial charge in [-0.2, -0.15) is 0 Å². The number of thiophene rings is 1. The smallest absolute Gasteiger partial charge is 0.323 e. The number of pyridine rings is 1. The molecule has 2 amide bonds. The van der Waals surface area contributed by atoms with Crippen molar-refractivity contribution < 1.29 is 33.0 Å². The molecule has 3 fully saturated rings. The minimum atomic E-state index is -3.64. The summed E-state index contributed by atoms with van der Waals surface area (Å²) in [5.41, 5.74) is 18.9. The summed E-state index contributed by atoms with van der Waals surface area (Å²) in [6, 6.07) is 18.9. The third-order valence-corrected chi connectivity index (χ3v) is 13.7. The van der Waals surface area contributed by atoms with Gasteiger partial charge in [0.15, 0.2) is 0 Å². The van der Waals surface area contributed by atoms with Crippen LogP contribution < -0.4 is 26.8 Å². The van der Waals surface area contributed by atoms with Crippen LogP contribution in [0.25, 0.3) is 10.1 Å². The number of primary amides is 1. The van der Waals surface area contributed by atoms with Crippen molar-refractivity contribution >= 4 is 53.5 Å². The Labute approximate surface area is 369 Å². The van der Waals surface area contributed by atoms with E-state index in [4.69, 9.17) is 26.5 Å². The van der Waals surface area contributed by atoms with Gasteiger partial charge in [-0.3, -0.25) is 23.9 Å². The molecule has 1 aliphatic carbocycles. The Morgan fingerprint density at radius 1 is 1.06 bits per heavy atom. The van der Waals surface area contributed by atoms with Crippen molar-refractivity contribution in [3.8, 4) is 5.75 Å². The second kappa shape index (κ2) is 24.9. The van der Waals surface area contributed by atoms with E-state index in [9.17, 15) is 23.7 Å². The number of likely N-dealkylation sites (tertiary alicyclic amines) is 2. The van der Waals surface area contributed by atoms with Gasteiger partial charge in [-0.1, -0.05) is 43.7 Å². The van der Waals surface area contributed by atoms with Crippen molar-refractivity contribution in [1.29, 1.82) is 0 Å². The van der Waals surface area contributed by atoms with E-state index < -0.39 is 25.4 Å². The molecule has 1 saturated carbocycles. The maximum Gasteiger partial charge on any atom is 0.323 e. The van der Waals surface area contributed by atoms with Crippen molar-refractivity contribution in [3.05, 3.63) is 119 Å². The lowest BCUT2D eigenvalue weighted by molar-refractivity contribution is -0.144. The van der Waals surface area contributed by atoms with E-state index >= 15 is 0 Å². The van der Waals surface area contributed by atoms with Crippen LogP contribution in [-0.2, 0) is 29.8 Å². The van der Waals surface area contributed by atoms with Crippen LogP contribution in [0.1, 0.15) is 91.9 Å². The van der Waals surface area contributed by atoms with Crippen molar-refractivity contribution in [2.24, 2.45) is 17.2 Å². The summed E-state index contributed by atoms with van der Waals surface area (Å²) in [7, 11) is -1.47. The van der Waals surface area contributed by atoms with Crippen LogP contribution in [0.5, 0.6) is 5.75 Å². The highest BCUT2D eigenvalue weighted by Gasteiger charge is 2.54. The van der Waals surface area contributed by atoms with E-state index in [0.29, 0.717) is 27.8 Å². The lowest BCUT2D eigenvalue weighted by Crippen LogP contribution is -2.35. The fourth-order valence-electron chi connectivity index (χ4n) is 7.03. The monoisotopic (exact) mass is 887 g/mol. The molecule has 2 aliphatic heterocycles. The molecule has 2 aromatic heterocycles. The molecule has 4 heterocycles. The molecule has 7 rings (SSSR count). The highest BCUT2D eigenvalue weighted by molar-refractivity contribution is 7.56. The quantitative estimate of drug-likeness (QED) is 0.0288. The fourth-order valence-corrected chi connectivity index (χ4v) is 9.97. The van der Waals surface area contributed by atoms with Gasteiger partial charge in [-0.15, -0.1) is 11.3 Å². The molecule has 0 bridgehead atoms. The zero-order valence-electron chi connectivity index (χ0n) is 36.0. The fraction of sp³-hybridized carbons (Fsp3) is 0.413. The van der Waals surface area contributed by atoms with Gasteiger partial charge in [0, 0.05) is 47.2 Å². The summed E-state index contributed by atoms with van der Waals surface area (Å²) in [6.07, 6.45) is 19.2. The van der Waals surface area contributed by atoms with Crippen LogP contribution in [-0.4, -0.2) is 84.2 Å². The number of nitrogens with one attached hydrogen (secondary N) is 1. The topological polar surface area (TPSA) is 213 Å². The number of hydrogen-bond acceptors (Lipinski definition) is 12. The Morgan fingerprint density at radius 3 is 2.35 bits per heavy atom. The van der Waals surface area contributed by atoms with Crippen LogP contribution in [0, 0.1) is 0 Å². The molecule has 4 aromatic rings. The number of allylic oxidation sites excluding steroid dienone is 2. The number of benzene rings is 2. The van der Waals surface area contributed by atoms with Gasteiger partial charge in [-0.25, -0.2) is 5.09 Å². The van der Waals surface area contributed by atoms with Gasteiger partial charge in [0.25, 0.3) is 5.91 Å². The molecule has 2 saturated heterocycles. The number of esters is 1. The number of fused-ring (bicyclic) bond motifs is 1. The van der Waals surface area contributed by atoms with Crippen molar-refractivity contribution in [3.63, 3.8) is 0 Å². The Bertz CT molecular complexity index is 2140. The first-order valence-corrected chi connectivity index (χ1v) is 23.6. The van der Waals surface area contributed by atoms with Gasteiger partial charge in [-0.05, 0) is 137 Å². The first-order valence-electron chi connectivity index (χ1n) is 21.0.